The highest BCUT2D eigenvalue weighted by molar-refractivity contribution is 5.71. The van der Waals surface area contributed by atoms with Crippen molar-refractivity contribution in [1.29, 1.82) is 0 Å². The van der Waals surface area contributed by atoms with Gasteiger partial charge in [-0.05, 0) is 12.8 Å². The van der Waals surface area contributed by atoms with Gasteiger partial charge in [0, 0.05) is 13.1 Å². The zero-order valence-electron chi connectivity index (χ0n) is 14.3. The summed E-state index contributed by atoms with van der Waals surface area (Å²) >= 11 is 0. The van der Waals surface area contributed by atoms with Gasteiger partial charge in [0.05, 0.1) is 0 Å². The summed E-state index contributed by atoms with van der Waals surface area (Å²) in [7, 11) is 0. The molecule has 0 aromatic heterocycles. The molecule has 4 N–H and O–H groups in total. The molecule has 0 aromatic rings. The Morgan fingerprint density at radius 3 is 1.12 bits per heavy atom. The van der Waals surface area contributed by atoms with E-state index in [1.54, 1.807) is 0 Å². The van der Waals surface area contributed by atoms with Gasteiger partial charge in [-0.2, -0.15) is 0 Å². The van der Waals surface area contributed by atoms with Crippen LogP contribution in [0, 0.1) is 0 Å². The van der Waals surface area contributed by atoms with Crippen LogP contribution in [-0.2, 0) is 19.2 Å². The van der Waals surface area contributed by atoms with E-state index in [1.807, 2.05) is 0 Å². The molecule has 0 atom stereocenters. The lowest BCUT2D eigenvalue weighted by atomic mass is 10.2. The smallest absolute Gasteiger partial charge is 0.320 e. The molecule has 0 saturated carbocycles. The summed E-state index contributed by atoms with van der Waals surface area (Å²) in [4.78, 5) is 44.9. The molecule has 0 aromatic carbocycles. The summed E-state index contributed by atoms with van der Waals surface area (Å²) in [5, 5.41) is 41.1. The van der Waals surface area contributed by atoms with Crippen LogP contribution >= 0.6 is 0 Å². The first-order valence-electron chi connectivity index (χ1n) is 8.12. The number of rotatable bonds is 8. The van der Waals surface area contributed by atoms with Gasteiger partial charge in [-0.1, -0.05) is 12.8 Å². The average molecular weight is 376 g/mol. The molecule has 26 heavy (non-hydrogen) atoms. The van der Waals surface area contributed by atoms with E-state index < -0.39 is 50.1 Å². The normalized spacial score (nSPS) is 19.1. The molecule has 1 fully saturated rings. The monoisotopic (exact) mass is 376 g/mol. The maximum Gasteiger partial charge on any atom is 0.320 e. The van der Waals surface area contributed by atoms with E-state index in [0.717, 1.165) is 23.1 Å². The Balaban J connectivity index is 3.27. The van der Waals surface area contributed by atoms with Crippen LogP contribution in [0.25, 0.3) is 0 Å². The van der Waals surface area contributed by atoms with Gasteiger partial charge in [-0.25, -0.2) is 10.0 Å². The highest BCUT2D eigenvalue weighted by atomic mass is 16.4. The van der Waals surface area contributed by atoms with Crippen molar-refractivity contribution in [2.24, 2.45) is 0 Å². The minimum Gasteiger partial charge on any atom is -0.480 e. The molecule has 0 bridgehead atoms. The first-order valence-corrected chi connectivity index (χ1v) is 8.12. The van der Waals surface area contributed by atoms with Crippen molar-refractivity contribution in [3.05, 3.63) is 0 Å². The number of carboxylic acids is 4. The number of carboxylic acid groups (broad SMARTS) is 4. The van der Waals surface area contributed by atoms with Gasteiger partial charge in [0.15, 0.2) is 0 Å². The second-order valence-corrected chi connectivity index (χ2v) is 5.83. The topological polar surface area (TPSA) is 162 Å². The minimum absolute atomic E-state index is 0.205. The van der Waals surface area contributed by atoms with Crippen LogP contribution in [0.3, 0.4) is 0 Å². The number of carbonyl (C=O) groups is 4. The number of aliphatic carboxylic acids is 4. The molecule has 12 nitrogen and oxygen atoms in total. The first-order chi connectivity index (χ1) is 12.2. The molecule has 0 aliphatic carbocycles. The van der Waals surface area contributed by atoms with Crippen LogP contribution in [0.4, 0.5) is 0 Å². The van der Waals surface area contributed by atoms with Crippen molar-refractivity contribution in [3.63, 3.8) is 0 Å². The van der Waals surface area contributed by atoms with E-state index in [0.29, 0.717) is 12.8 Å². The lowest BCUT2D eigenvalue weighted by Crippen LogP contribution is -2.64. The van der Waals surface area contributed by atoms with Crippen molar-refractivity contribution in [3.8, 4) is 0 Å². The molecule has 1 rings (SSSR count). The maximum absolute atomic E-state index is 11.3. The third-order valence-corrected chi connectivity index (χ3v) is 3.69. The molecule has 0 radical (unpaired) electrons. The Morgan fingerprint density at radius 2 is 0.846 bits per heavy atom. The number of hydrazine groups is 3. The zero-order chi connectivity index (χ0) is 19.7. The summed E-state index contributed by atoms with van der Waals surface area (Å²) in [6.07, 6.45) is 2.72. The van der Waals surface area contributed by atoms with Crippen LogP contribution in [0.2, 0.25) is 0 Å². The van der Waals surface area contributed by atoms with Crippen LogP contribution in [0.1, 0.15) is 25.7 Å². The molecular weight excluding hydrogens is 352 g/mol. The van der Waals surface area contributed by atoms with E-state index in [1.165, 1.54) is 10.0 Å². The van der Waals surface area contributed by atoms with Crippen molar-refractivity contribution < 1.29 is 39.6 Å². The summed E-state index contributed by atoms with van der Waals surface area (Å²) in [6, 6.07) is 0. The fourth-order valence-corrected chi connectivity index (χ4v) is 2.70. The van der Waals surface area contributed by atoms with E-state index in [-0.39, 0.29) is 13.1 Å². The van der Waals surface area contributed by atoms with Gasteiger partial charge in [-0.15, -0.1) is 10.2 Å². The minimum atomic E-state index is -1.30. The van der Waals surface area contributed by atoms with E-state index in [4.69, 9.17) is 10.2 Å². The fraction of sp³-hybridized carbons (Fsp3) is 0.714. The Labute approximate surface area is 149 Å². The SMILES string of the molecule is O=C(O)CN1CCCCCCN(CC(=O)O)N(CC(=O)O)N1CC(=O)O. The second kappa shape index (κ2) is 10.7. The van der Waals surface area contributed by atoms with Crippen molar-refractivity contribution in [2.75, 3.05) is 39.3 Å². The van der Waals surface area contributed by atoms with Crippen LogP contribution in [0.5, 0.6) is 0 Å². The third-order valence-electron chi connectivity index (χ3n) is 3.69. The Hall–Kier alpha value is -2.28. The first kappa shape index (κ1) is 21.8. The van der Waals surface area contributed by atoms with Gasteiger partial charge in [0.1, 0.15) is 26.2 Å². The quantitative estimate of drug-likeness (QED) is 0.403. The van der Waals surface area contributed by atoms with Crippen LogP contribution in [0.15, 0.2) is 0 Å². The number of nitrogens with zero attached hydrogens (tertiary/aromatic N) is 4. The predicted molar refractivity (Wildman–Crippen MR) is 85.6 cm³/mol. The molecule has 12 heteroatoms. The van der Waals surface area contributed by atoms with E-state index in [2.05, 4.69) is 0 Å². The van der Waals surface area contributed by atoms with Crippen molar-refractivity contribution in [2.45, 2.75) is 25.7 Å². The van der Waals surface area contributed by atoms with Gasteiger partial charge in [-0.3, -0.25) is 19.2 Å². The Bertz CT molecular complexity index is 483. The molecule has 0 amide bonds. The van der Waals surface area contributed by atoms with Crippen molar-refractivity contribution >= 4 is 23.9 Å². The average Bonchev–Trinajstić information content (AvgIpc) is 2.50. The van der Waals surface area contributed by atoms with Crippen molar-refractivity contribution in [1.82, 2.24) is 20.3 Å². The molecular formula is C14H24N4O8. The zero-order valence-corrected chi connectivity index (χ0v) is 14.3. The third kappa shape index (κ3) is 7.74. The number of hydrogen-bond acceptors (Lipinski definition) is 8. The highest BCUT2D eigenvalue weighted by Gasteiger charge is 2.33. The molecule has 0 unspecified atom stereocenters. The van der Waals surface area contributed by atoms with Gasteiger partial charge >= 0.3 is 23.9 Å². The van der Waals surface area contributed by atoms with Crippen LogP contribution in [-0.4, -0.2) is 104 Å². The highest BCUT2D eigenvalue weighted by Crippen LogP contribution is 2.15. The summed E-state index contributed by atoms with van der Waals surface area (Å²) in [5.74, 6) is -5.03. The van der Waals surface area contributed by atoms with E-state index in [9.17, 15) is 29.4 Å². The Kier molecular flexibility index (Phi) is 8.92. The van der Waals surface area contributed by atoms with E-state index >= 15 is 0 Å². The molecule has 1 saturated heterocycles. The maximum atomic E-state index is 11.3. The largest absolute Gasteiger partial charge is 0.480 e. The van der Waals surface area contributed by atoms with Crippen LogP contribution < -0.4 is 0 Å². The lowest BCUT2D eigenvalue weighted by Gasteiger charge is -2.45. The number of hydrogen-bond donors (Lipinski definition) is 4. The predicted octanol–water partition coefficient (Wildman–Crippen LogP) is -1.15. The second-order valence-electron chi connectivity index (χ2n) is 5.83. The molecule has 148 valence electrons. The summed E-state index contributed by atoms with van der Waals surface area (Å²) in [5.41, 5.74) is 0. The molecule has 1 aliphatic rings. The lowest BCUT2D eigenvalue weighted by molar-refractivity contribution is -0.278. The summed E-state index contributed by atoms with van der Waals surface area (Å²) in [6.45, 7) is -2.06. The standard InChI is InChI=1S/C14H24N4O8/c19-11(20)7-15-5-3-1-2-4-6-16(8-12(21)22)18(10-14(25)26)17(15)9-13(23)24/h1-10H2,(H,19,20)(H,21,22)(H,23,24)(H,25,26). The summed E-state index contributed by atoms with van der Waals surface area (Å²) < 4.78 is 0. The molecule has 1 heterocycles. The van der Waals surface area contributed by atoms with Gasteiger partial charge in [0.25, 0.3) is 0 Å². The molecule has 1 aliphatic heterocycles. The van der Waals surface area contributed by atoms with Gasteiger partial charge < -0.3 is 20.4 Å². The van der Waals surface area contributed by atoms with Gasteiger partial charge in [0.2, 0.25) is 0 Å². The molecule has 0 spiro atoms. The fourth-order valence-electron chi connectivity index (χ4n) is 2.70. The Morgan fingerprint density at radius 1 is 0.538 bits per heavy atom.